The van der Waals surface area contributed by atoms with Crippen molar-refractivity contribution in [2.24, 2.45) is 0 Å². The third-order valence-electron chi connectivity index (χ3n) is 5.76. The Labute approximate surface area is 200 Å². The summed E-state index contributed by atoms with van der Waals surface area (Å²) in [7, 11) is -2.21. The van der Waals surface area contributed by atoms with Crippen molar-refractivity contribution in [3.63, 3.8) is 0 Å². The lowest BCUT2D eigenvalue weighted by Crippen LogP contribution is -2.25. The Balaban J connectivity index is 1.84. The molecule has 0 aromatic heterocycles. The average Bonchev–Trinajstić information content (AvgIpc) is 3.30. The molecule has 1 aliphatic heterocycles. The van der Waals surface area contributed by atoms with Gasteiger partial charge in [-0.2, -0.15) is 0 Å². The highest BCUT2D eigenvalue weighted by atomic mass is 32.2. The molecule has 0 saturated carbocycles. The maximum Gasteiger partial charge on any atom is 0.337 e. The first-order valence-electron chi connectivity index (χ1n) is 11.3. The number of esters is 1. The van der Waals surface area contributed by atoms with Crippen molar-refractivity contribution in [2.45, 2.75) is 37.8 Å². The maximum absolute atomic E-state index is 14.1. The SMILES string of the molecule is CCCCNc1cc(C(=O)OC)cc(S(=N)(=O)N2Cc3ccccc3C2)c1Oc1ccccc1. The van der Waals surface area contributed by atoms with Crippen LogP contribution < -0.4 is 10.1 Å². The summed E-state index contributed by atoms with van der Waals surface area (Å²) in [5.74, 6) is 0.268. The molecule has 1 aliphatic rings. The van der Waals surface area contributed by atoms with E-state index in [-0.39, 0.29) is 16.2 Å². The first kappa shape index (κ1) is 23.8. The van der Waals surface area contributed by atoms with Crippen LogP contribution in [-0.2, 0) is 27.7 Å². The minimum absolute atomic E-state index is 0.144. The van der Waals surface area contributed by atoms with E-state index in [1.807, 2.05) is 42.5 Å². The zero-order valence-corrected chi connectivity index (χ0v) is 20.2. The van der Waals surface area contributed by atoms with Crippen molar-refractivity contribution in [3.8, 4) is 11.5 Å². The van der Waals surface area contributed by atoms with Gasteiger partial charge < -0.3 is 14.8 Å². The maximum atomic E-state index is 14.1. The number of rotatable bonds is 9. The molecular weight excluding hydrogens is 450 g/mol. The van der Waals surface area contributed by atoms with E-state index in [0.717, 1.165) is 24.0 Å². The van der Waals surface area contributed by atoms with Gasteiger partial charge in [0.2, 0.25) is 0 Å². The lowest BCUT2D eigenvalue weighted by atomic mass is 10.1. The number of ether oxygens (including phenoxy) is 2. The zero-order chi connectivity index (χ0) is 24.1. The Morgan fingerprint density at radius 2 is 1.71 bits per heavy atom. The molecule has 3 aromatic carbocycles. The van der Waals surface area contributed by atoms with E-state index in [0.29, 0.717) is 31.1 Å². The minimum Gasteiger partial charge on any atom is -0.465 e. The Hall–Kier alpha value is -3.36. The lowest BCUT2D eigenvalue weighted by Gasteiger charge is -2.24. The van der Waals surface area contributed by atoms with Gasteiger partial charge in [0.15, 0.2) is 5.75 Å². The second-order valence-corrected chi connectivity index (χ2v) is 10.1. The molecule has 34 heavy (non-hydrogen) atoms. The number of hydrogen-bond donors (Lipinski definition) is 2. The molecule has 1 unspecified atom stereocenters. The highest BCUT2D eigenvalue weighted by molar-refractivity contribution is 7.90. The molecule has 0 bridgehead atoms. The van der Waals surface area contributed by atoms with E-state index in [9.17, 15) is 9.00 Å². The van der Waals surface area contributed by atoms with Crippen LogP contribution in [0.3, 0.4) is 0 Å². The highest BCUT2D eigenvalue weighted by Gasteiger charge is 2.32. The normalized spacial score (nSPS) is 14.8. The lowest BCUT2D eigenvalue weighted by molar-refractivity contribution is 0.0600. The van der Waals surface area contributed by atoms with Gasteiger partial charge in [0.05, 0.1) is 18.4 Å². The Morgan fingerprint density at radius 1 is 1.06 bits per heavy atom. The zero-order valence-electron chi connectivity index (χ0n) is 19.4. The van der Waals surface area contributed by atoms with Gasteiger partial charge in [-0.25, -0.2) is 18.1 Å². The highest BCUT2D eigenvalue weighted by Crippen LogP contribution is 2.41. The summed E-state index contributed by atoms with van der Waals surface area (Å²) in [6, 6.07) is 20.1. The molecule has 4 rings (SSSR count). The van der Waals surface area contributed by atoms with Crippen molar-refractivity contribution >= 4 is 21.6 Å². The molecular formula is C26H29N3O4S. The predicted molar refractivity (Wildman–Crippen MR) is 133 cm³/mol. The number of anilines is 1. The Morgan fingerprint density at radius 3 is 2.32 bits per heavy atom. The number of fused-ring (bicyclic) bond motifs is 1. The van der Waals surface area contributed by atoms with Gasteiger partial charge in [-0.1, -0.05) is 55.8 Å². The van der Waals surface area contributed by atoms with E-state index in [1.54, 1.807) is 22.5 Å². The molecule has 1 heterocycles. The quantitative estimate of drug-likeness (QED) is 0.298. The fourth-order valence-electron chi connectivity index (χ4n) is 3.91. The van der Waals surface area contributed by atoms with E-state index >= 15 is 0 Å². The average molecular weight is 480 g/mol. The number of methoxy groups -OCH3 is 1. The van der Waals surface area contributed by atoms with Crippen LogP contribution in [0.15, 0.2) is 71.6 Å². The van der Waals surface area contributed by atoms with E-state index in [2.05, 4.69) is 12.2 Å². The Bertz CT molecular complexity index is 1250. The topological polar surface area (TPSA) is 91.7 Å². The molecule has 0 amide bonds. The van der Waals surface area contributed by atoms with E-state index in [4.69, 9.17) is 14.3 Å². The first-order chi connectivity index (χ1) is 16.4. The van der Waals surface area contributed by atoms with Gasteiger partial charge in [-0.3, -0.25) is 0 Å². The molecule has 178 valence electrons. The second kappa shape index (κ2) is 10.3. The van der Waals surface area contributed by atoms with Crippen LogP contribution in [0.1, 0.15) is 41.3 Å². The second-order valence-electron chi connectivity index (χ2n) is 8.13. The predicted octanol–water partition coefficient (Wildman–Crippen LogP) is 5.81. The third kappa shape index (κ3) is 4.93. The first-order valence-corrected chi connectivity index (χ1v) is 12.8. The van der Waals surface area contributed by atoms with Gasteiger partial charge in [0, 0.05) is 19.6 Å². The molecule has 1 atom stereocenters. The number of nitrogens with zero attached hydrogens (tertiary/aromatic N) is 1. The smallest absolute Gasteiger partial charge is 0.337 e. The minimum atomic E-state index is -3.51. The van der Waals surface area contributed by atoms with Crippen LogP contribution in [0, 0.1) is 4.78 Å². The molecule has 0 spiro atoms. The summed E-state index contributed by atoms with van der Waals surface area (Å²) < 4.78 is 36.0. The number of para-hydroxylation sites is 1. The van der Waals surface area contributed by atoms with Gasteiger partial charge >= 0.3 is 5.97 Å². The summed E-state index contributed by atoms with van der Waals surface area (Å²) in [6.45, 7) is 3.48. The van der Waals surface area contributed by atoms with Crippen molar-refractivity contribution in [3.05, 3.63) is 83.4 Å². The summed E-state index contributed by atoms with van der Waals surface area (Å²) in [5, 5.41) is 3.31. The summed E-state index contributed by atoms with van der Waals surface area (Å²) in [5.41, 5.74) is 2.80. The van der Waals surface area contributed by atoms with Crippen molar-refractivity contribution in [1.29, 1.82) is 4.78 Å². The van der Waals surface area contributed by atoms with Crippen molar-refractivity contribution < 1.29 is 18.5 Å². The fourth-order valence-corrected chi connectivity index (χ4v) is 5.52. The molecule has 0 saturated heterocycles. The van der Waals surface area contributed by atoms with Crippen LogP contribution in [0.4, 0.5) is 5.69 Å². The van der Waals surface area contributed by atoms with E-state index < -0.39 is 15.9 Å². The fraction of sp³-hybridized carbons (Fsp3) is 0.269. The number of hydrogen-bond acceptors (Lipinski definition) is 6. The molecule has 0 fully saturated rings. The van der Waals surface area contributed by atoms with Crippen molar-refractivity contribution in [2.75, 3.05) is 19.0 Å². The molecule has 2 N–H and O–H groups in total. The van der Waals surface area contributed by atoms with Crippen LogP contribution in [-0.4, -0.2) is 28.1 Å². The molecule has 0 aliphatic carbocycles. The number of nitrogens with one attached hydrogen (secondary N) is 2. The monoisotopic (exact) mass is 479 g/mol. The third-order valence-corrected chi connectivity index (χ3v) is 7.64. The summed E-state index contributed by atoms with van der Waals surface area (Å²) in [4.78, 5) is 12.6. The number of carbonyl (C=O) groups is 1. The number of carbonyl (C=O) groups excluding carboxylic acids is 1. The summed E-state index contributed by atoms with van der Waals surface area (Å²) >= 11 is 0. The standard InChI is InChI=1S/C26H29N3O4S/c1-3-4-14-28-23-15-21(26(30)32-2)16-24(25(23)33-22-12-6-5-7-13-22)34(27,31)29-17-19-10-8-9-11-20(19)18-29/h5-13,15-16,27-28H,3-4,14,17-18H2,1-2H3. The van der Waals surface area contributed by atoms with Crippen LogP contribution >= 0.6 is 0 Å². The van der Waals surface area contributed by atoms with E-state index in [1.165, 1.54) is 13.2 Å². The van der Waals surface area contributed by atoms with Gasteiger partial charge in [-0.15, -0.1) is 0 Å². The van der Waals surface area contributed by atoms with Crippen LogP contribution in [0.2, 0.25) is 0 Å². The number of benzene rings is 3. The summed E-state index contributed by atoms with van der Waals surface area (Å²) in [6.07, 6.45) is 1.88. The molecule has 3 aromatic rings. The largest absolute Gasteiger partial charge is 0.465 e. The molecule has 7 nitrogen and oxygen atoms in total. The van der Waals surface area contributed by atoms with Crippen molar-refractivity contribution in [1.82, 2.24) is 4.31 Å². The van der Waals surface area contributed by atoms with Gasteiger partial charge in [-0.05, 0) is 41.8 Å². The van der Waals surface area contributed by atoms with Crippen LogP contribution in [0.25, 0.3) is 0 Å². The van der Waals surface area contributed by atoms with Gasteiger partial charge in [0.25, 0.3) is 0 Å². The van der Waals surface area contributed by atoms with Crippen LogP contribution in [0.5, 0.6) is 11.5 Å². The molecule has 0 radical (unpaired) electrons. The number of unbranched alkanes of at least 4 members (excludes halogenated alkanes) is 1. The molecule has 8 heteroatoms. The Kier molecular flexibility index (Phi) is 7.19. The van der Waals surface area contributed by atoms with Gasteiger partial charge in [0.1, 0.15) is 20.6 Å².